The Hall–Kier alpha value is -6.96. The van der Waals surface area contributed by atoms with Gasteiger partial charge in [-0.15, -0.1) is 0 Å². The number of hydrogen-bond acceptors (Lipinski definition) is 14. The summed E-state index contributed by atoms with van der Waals surface area (Å²) >= 11 is 0. The van der Waals surface area contributed by atoms with Crippen LogP contribution in [0, 0.1) is 11.8 Å². The van der Waals surface area contributed by atoms with Crippen molar-refractivity contribution in [3.8, 4) is 0 Å². The van der Waals surface area contributed by atoms with E-state index >= 15 is 0 Å². The van der Waals surface area contributed by atoms with Crippen LogP contribution in [-0.2, 0) is 49.6 Å². The van der Waals surface area contributed by atoms with E-state index in [2.05, 4.69) is 26.6 Å². The number of rotatable bonds is 27. The van der Waals surface area contributed by atoms with Crippen LogP contribution in [-0.4, -0.2) is 204 Å². The highest BCUT2D eigenvalue weighted by atomic mass is 16.4. The third-order valence-electron chi connectivity index (χ3n) is 13.2. The highest BCUT2D eigenvalue weighted by Crippen LogP contribution is 2.29. The first-order chi connectivity index (χ1) is 35.2. The van der Waals surface area contributed by atoms with Crippen molar-refractivity contribution in [3.05, 3.63) is 48.0 Å². The van der Waals surface area contributed by atoms with Gasteiger partial charge in [0.25, 0.3) is 0 Å². The number of nitrogens with one attached hydrogen (secondary N) is 5. The number of carbonyl (C=O) groups is 10. The number of hydrogen-bond donors (Lipinski definition) is 11. The highest BCUT2D eigenvalue weighted by Gasteiger charge is 2.31. The molecule has 25 heteroatoms. The topological polar surface area (TPSA) is 383 Å². The van der Waals surface area contributed by atoms with Crippen molar-refractivity contribution in [1.29, 1.82) is 0 Å². The maximum atomic E-state index is 13.8. The number of benzene rings is 2. The van der Waals surface area contributed by atoms with Crippen molar-refractivity contribution in [1.82, 2.24) is 46.2 Å². The summed E-state index contributed by atoms with van der Waals surface area (Å²) < 4.78 is 0. The summed E-state index contributed by atoms with van der Waals surface area (Å²) in [5.41, 5.74) is 17.4. The van der Waals surface area contributed by atoms with Crippen molar-refractivity contribution in [2.24, 2.45) is 29.0 Å². The van der Waals surface area contributed by atoms with Crippen molar-refractivity contribution < 1.29 is 63.3 Å². The lowest BCUT2D eigenvalue weighted by molar-refractivity contribution is -0.141. The average molecular weight is 1040 g/mol. The minimum absolute atomic E-state index is 0.00294. The molecule has 1 aliphatic heterocycles. The molecule has 1 heterocycles. The van der Waals surface area contributed by atoms with Crippen LogP contribution >= 0.6 is 0 Å². The van der Waals surface area contributed by atoms with Gasteiger partial charge in [-0.3, -0.25) is 53.2 Å². The summed E-state index contributed by atoms with van der Waals surface area (Å²) in [7, 11) is 0. The molecule has 74 heavy (non-hydrogen) atoms. The lowest BCUT2D eigenvalue weighted by atomic mass is 9.81. The van der Waals surface area contributed by atoms with Gasteiger partial charge in [0.1, 0.15) is 18.1 Å². The van der Waals surface area contributed by atoms with E-state index in [4.69, 9.17) is 22.3 Å². The molecule has 14 N–H and O–H groups in total. The largest absolute Gasteiger partial charge is 0.481 e. The Morgan fingerprint density at radius 1 is 0.568 bits per heavy atom. The first-order valence-corrected chi connectivity index (χ1v) is 25.1. The number of unbranched alkanes of at least 4 members (excludes halogenated alkanes) is 1. The van der Waals surface area contributed by atoms with E-state index in [1.165, 1.54) is 0 Å². The lowest BCUT2D eigenvalue weighted by Gasteiger charge is -2.33. The fourth-order valence-corrected chi connectivity index (χ4v) is 9.07. The quantitative estimate of drug-likeness (QED) is 0.0424. The van der Waals surface area contributed by atoms with E-state index in [0.717, 1.165) is 16.3 Å². The third-order valence-corrected chi connectivity index (χ3v) is 13.2. The van der Waals surface area contributed by atoms with E-state index in [-0.39, 0.29) is 75.6 Å². The number of carboxylic acid groups (broad SMARTS) is 3. The molecular formula is C49H74N12O13. The first-order valence-electron chi connectivity index (χ1n) is 25.1. The van der Waals surface area contributed by atoms with Gasteiger partial charge in [0.05, 0.1) is 26.2 Å². The number of nitrogens with two attached hydrogens (primary N) is 3. The molecule has 2 aromatic rings. The predicted octanol–water partition coefficient (Wildman–Crippen LogP) is -2.18. The zero-order valence-electron chi connectivity index (χ0n) is 41.8. The first kappa shape index (κ1) is 59.6. The van der Waals surface area contributed by atoms with E-state index < -0.39 is 78.5 Å². The Morgan fingerprint density at radius 3 is 1.57 bits per heavy atom. The second kappa shape index (κ2) is 30.9. The van der Waals surface area contributed by atoms with Gasteiger partial charge in [-0.2, -0.15) is 0 Å². The molecule has 1 aliphatic carbocycles. The van der Waals surface area contributed by atoms with Gasteiger partial charge in [0.2, 0.25) is 35.4 Å². The monoisotopic (exact) mass is 1040 g/mol. The zero-order chi connectivity index (χ0) is 54.2. The van der Waals surface area contributed by atoms with Crippen molar-refractivity contribution in [2.75, 3.05) is 91.6 Å². The molecule has 0 aromatic heterocycles. The van der Waals surface area contributed by atoms with Crippen LogP contribution in [0.1, 0.15) is 63.4 Å². The number of urea groups is 1. The molecule has 3 atom stereocenters. The van der Waals surface area contributed by atoms with E-state index in [1.807, 2.05) is 62.1 Å². The van der Waals surface area contributed by atoms with Gasteiger partial charge in [0.15, 0.2) is 0 Å². The van der Waals surface area contributed by atoms with Crippen LogP contribution in [0.25, 0.3) is 10.8 Å². The predicted molar refractivity (Wildman–Crippen MR) is 270 cm³/mol. The summed E-state index contributed by atoms with van der Waals surface area (Å²) in [6, 6.07) is 8.56. The standard InChI is InChI=1S/C49H74N12O13/c50-40(62)28-58-17-19-59(29-41(51)63)21-23-61(24-22-60(20-18-58)30-42(52)64)31-43(65)54-27-32-8-12-35(13-9-32)45(68)55-39(26-33-10-11-34-5-1-2-6-36(34)25-33)46(69)53-16-4-3-7-37(47(70)71)56-49(74)57-38(48(72)73)14-15-44(66)67/h1-2,5-6,10-11,25,32,35,37-39H,3-4,7-9,12-24,26-31H2,(H2,50,62)(H2,51,63)(H2,52,64)(H,53,69)(H,54,65)(H,55,68)(H,66,67)(H,70,71)(H,72,73)(H2,56,57,74)/t32-,35-,37-,38-,39-/m0/s1. The van der Waals surface area contributed by atoms with Gasteiger partial charge in [-0.05, 0) is 73.6 Å². The number of primary amides is 3. The normalized spacial score (nSPS) is 18.8. The molecular weight excluding hydrogens is 965 g/mol. The summed E-state index contributed by atoms with van der Waals surface area (Å²) in [5.74, 6) is -6.85. The molecule has 8 amide bonds. The fraction of sp³-hybridized carbons (Fsp3) is 0.592. The van der Waals surface area contributed by atoms with Gasteiger partial charge in [-0.1, -0.05) is 42.5 Å². The molecule has 0 unspecified atom stereocenters. The second-order valence-corrected chi connectivity index (χ2v) is 19.1. The Morgan fingerprint density at radius 2 is 1.07 bits per heavy atom. The van der Waals surface area contributed by atoms with Crippen molar-refractivity contribution >= 4 is 70.2 Å². The number of amides is 8. The lowest BCUT2D eigenvalue weighted by Crippen LogP contribution is -2.51. The minimum atomic E-state index is -1.55. The van der Waals surface area contributed by atoms with E-state index in [9.17, 15) is 58.2 Å². The van der Waals surface area contributed by atoms with Crippen LogP contribution < -0.4 is 43.8 Å². The number of nitrogens with zero attached hydrogens (tertiary/aromatic N) is 4. The molecule has 1 saturated heterocycles. The number of carbonyl (C=O) groups excluding carboxylic acids is 7. The Bertz CT molecular complexity index is 2230. The van der Waals surface area contributed by atoms with Gasteiger partial charge < -0.3 is 59.1 Å². The van der Waals surface area contributed by atoms with Gasteiger partial charge in [-0.25, -0.2) is 14.4 Å². The molecule has 2 fully saturated rings. The Balaban J connectivity index is 1.30. The molecule has 0 spiro atoms. The summed E-state index contributed by atoms with van der Waals surface area (Å²) in [6.07, 6.45) is 2.09. The van der Waals surface area contributed by atoms with Gasteiger partial charge in [0, 0.05) is 84.2 Å². The SMILES string of the molecule is NC(=O)CN1CCN(CC(N)=O)CCN(CC(=O)NC[C@H]2CC[C@H](C(=O)N[C@@H](Cc3ccc4ccccc4c3)C(=O)NCCCC[C@H](NC(=O)N[C@@H](CCC(=O)O)C(=O)O)C(=O)O)CC2)CCN(CC(N)=O)CC1. The third kappa shape index (κ3) is 22.4. The smallest absolute Gasteiger partial charge is 0.326 e. The fourth-order valence-electron chi connectivity index (χ4n) is 9.07. The van der Waals surface area contributed by atoms with Crippen LogP contribution in [0.2, 0.25) is 0 Å². The second-order valence-electron chi connectivity index (χ2n) is 19.1. The zero-order valence-corrected chi connectivity index (χ0v) is 41.8. The Kier molecular flexibility index (Phi) is 24.9. The van der Waals surface area contributed by atoms with E-state index in [0.29, 0.717) is 91.0 Å². The Labute approximate surface area is 429 Å². The summed E-state index contributed by atoms with van der Waals surface area (Å²) in [5, 5.41) is 43.0. The summed E-state index contributed by atoms with van der Waals surface area (Å²) in [4.78, 5) is 131. The molecule has 408 valence electrons. The maximum Gasteiger partial charge on any atom is 0.326 e. The molecule has 2 aromatic carbocycles. The van der Waals surface area contributed by atoms with E-state index in [1.54, 1.807) is 0 Å². The van der Waals surface area contributed by atoms with Gasteiger partial charge >= 0.3 is 23.9 Å². The molecule has 1 saturated carbocycles. The van der Waals surface area contributed by atoms with Crippen LogP contribution in [0.15, 0.2) is 42.5 Å². The van der Waals surface area contributed by atoms with Crippen molar-refractivity contribution in [3.63, 3.8) is 0 Å². The number of carboxylic acids is 3. The van der Waals surface area contributed by atoms with Crippen LogP contribution in [0.4, 0.5) is 4.79 Å². The number of fused-ring (bicyclic) bond motifs is 1. The average Bonchev–Trinajstić information content (AvgIpc) is 3.34. The van der Waals surface area contributed by atoms with Crippen LogP contribution in [0.3, 0.4) is 0 Å². The maximum absolute atomic E-state index is 13.8. The molecule has 0 bridgehead atoms. The summed E-state index contributed by atoms with van der Waals surface area (Å²) in [6.45, 7) is 3.84. The highest BCUT2D eigenvalue weighted by molar-refractivity contribution is 5.90. The molecule has 4 rings (SSSR count). The number of aliphatic carboxylic acids is 3. The molecule has 0 radical (unpaired) electrons. The van der Waals surface area contributed by atoms with Crippen molar-refractivity contribution in [2.45, 2.75) is 82.3 Å². The minimum Gasteiger partial charge on any atom is -0.481 e. The molecule has 25 nitrogen and oxygen atoms in total. The van der Waals surface area contributed by atoms with Crippen LogP contribution in [0.5, 0.6) is 0 Å². The molecule has 2 aliphatic rings.